The summed E-state index contributed by atoms with van der Waals surface area (Å²) in [6.45, 7) is 6.28. The van der Waals surface area contributed by atoms with Crippen molar-refractivity contribution in [3.05, 3.63) is 35.8 Å². The van der Waals surface area contributed by atoms with Crippen molar-refractivity contribution < 1.29 is 9.52 Å². The summed E-state index contributed by atoms with van der Waals surface area (Å²) in [7, 11) is 0. The third-order valence-electron chi connectivity index (χ3n) is 2.63. The summed E-state index contributed by atoms with van der Waals surface area (Å²) < 4.78 is 7.22. The molecule has 0 fully saturated rings. The second-order valence-electron chi connectivity index (χ2n) is 4.52. The lowest BCUT2D eigenvalue weighted by Gasteiger charge is -2.12. The average Bonchev–Trinajstić information content (AvgIpc) is 2.87. The first kappa shape index (κ1) is 11.9. The van der Waals surface area contributed by atoms with Crippen molar-refractivity contribution in [2.75, 3.05) is 0 Å². The number of rotatable bonds is 4. The Hall–Kier alpha value is -1.62. The van der Waals surface area contributed by atoms with E-state index < -0.39 is 6.10 Å². The van der Waals surface area contributed by atoms with E-state index in [9.17, 15) is 5.11 Å². The minimum absolute atomic E-state index is 0.205. The normalized spacial score (nSPS) is 13.2. The van der Waals surface area contributed by atoms with E-state index in [1.54, 1.807) is 6.92 Å². The Balaban J connectivity index is 2.08. The summed E-state index contributed by atoms with van der Waals surface area (Å²) in [5, 5.41) is 17.6. The van der Waals surface area contributed by atoms with Gasteiger partial charge in [0, 0.05) is 19.3 Å². The van der Waals surface area contributed by atoms with Crippen molar-refractivity contribution in [3.63, 3.8) is 0 Å². The molecule has 1 unspecified atom stereocenters. The minimum atomic E-state index is -0.430. The van der Waals surface area contributed by atoms with Gasteiger partial charge in [-0.2, -0.15) is 0 Å². The van der Waals surface area contributed by atoms with E-state index in [1.807, 2.05) is 36.9 Å². The van der Waals surface area contributed by atoms with Crippen LogP contribution in [0.4, 0.5) is 0 Å². The zero-order chi connectivity index (χ0) is 12.4. The maximum atomic E-state index is 9.92. The molecule has 1 N–H and O–H groups in total. The molecule has 5 heteroatoms. The van der Waals surface area contributed by atoms with Gasteiger partial charge in [-0.1, -0.05) is 13.8 Å². The fraction of sp³-hybridized carbons (Fsp3) is 0.500. The molecule has 1 atom stereocenters. The summed E-state index contributed by atoms with van der Waals surface area (Å²) in [5.41, 5.74) is 0.913. The number of nitrogens with zero attached hydrogens (tertiary/aromatic N) is 3. The molecule has 0 amide bonds. The van der Waals surface area contributed by atoms with Gasteiger partial charge in [0.05, 0.1) is 6.10 Å². The maximum absolute atomic E-state index is 9.92. The zero-order valence-corrected chi connectivity index (χ0v) is 10.3. The lowest BCUT2D eigenvalue weighted by atomic mass is 10.0. The molecule has 92 valence electrons. The monoisotopic (exact) mass is 235 g/mol. The minimum Gasteiger partial charge on any atom is -0.424 e. The van der Waals surface area contributed by atoms with Crippen LogP contribution < -0.4 is 0 Å². The molecule has 0 aliphatic heterocycles. The van der Waals surface area contributed by atoms with Gasteiger partial charge in [0.1, 0.15) is 6.54 Å². The Morgan fingerprint density at radius 2 is 2.18 bits per heavy atom. The van der Waals surface area contributed by atoms with Crippen LogP contribution in [-0.2, 0) is 6.54 Å². The van der Waals surface area contributed by atoms with E-state index in [0.717, 1.165) is 5.56 Å². The Labute approximate surface area is 100 Å². The quantitative estimate of drug-likeness (QED) is 0.879. The first-order valence-electron chi connectivity index (χ1n) is 5.69. The van der Waals surface area contributed by atoms with Crippen molar-refractivity contribution in [2.24, 2.45) is 5.92 Å². The number of hydrogen-bond acceptors (Lipinski definition) is 4. The van der Waals surface area contributed by atoms with Crippen molar-refractivity contribution in [1.29, 1.82) is 0 Å². The van der Waals surface area contributed by atoms with E-state index >= 15 is 0 Å². The zero-order valence-electron chi connectivity index (χ0n) is 10.3. The Bertz CT molecular complexity index is 487. The molecule has 2 aromatic rings. The van der Waals surface area contributed by atoms with Crippen molar-refractivity contribution >= 4 is 0 Å². The molecule has 17 heavy (non-hydrogen) atoms. The van der Waals surface area contributed by atoms with E-state index in [0.29, 0.717) is 18.3 Å². The SMILES string of the molecule is Cc1nnc(Cn2ccc(C(O)C(C)C)c2)o1. The van der Waals surface area contributed by atoms with Gasteiger partial charge in [-0.3, -0.25) is 0 Å². The molecule has 2 aromatic heterocycles. The molecule has 0 aliphatic rings. The van der Waals surface area contributed by atoms with Gasteiger partial charge >= 0.3 is 0 Å². The van der Waals surface area contributed by atoms with Crippen molar-refractivity contribution in [3.8, 4) is 0 Å². The first-order valence-corrected chi connectivity index (χ1v) is 5.69. The molecular formula is C12H17N3O2. The fourth-order valence-corrected chi connectivity index (χ4v) is 1.68. The van der Waals surface area contributed by atoms with E-state index in [4.69, 9.17) is 4.42 Å². The van der Waals surface area contributed by atoms with E-state index in [1.165, 1.54) is 0 Å². The van der Waals surface area contributed by atoms with Crippen LogP contribution in [0.25, 0.3) is 0 Å². The van der Waals surface area contributed by atoms with Crippen LogP contribution in [0.2, 0.25) is 0 Å². The highest BCUT2D eigenvalue weighted by atomic mass is 16.4. The molecule has 5 nitrogen and oxygen atoms in total. The van der Waals surface area contributed by atoms with Gasteiger partial charge in [-0.25, -0.2) is 0 Å². The van der Waals surface area contributed by atoms with Crippen LogP contribution >= 0.6 is 0 Å². The van der Waals surface area contributed by atoms with Gasteiger partial charge in [0.2, 0.25) is 11.8 Å². The van der Waals surface area contributed by atoms with Crippen LogP contribution in [-0.4, -0.2) is 19.9 Å². The van der Waals surface area contributed by atoms with Gasteiger partial charge in [-0.05, 0) is 17.5 Å². The number of aliphatic hydroxyl groups is 1. The Morgan fingerprint density at radius 1 is 1.41 bits per heavy atom. The highest BCUT2D eigenvalue weighted by molar-refractivity contribution is 5.14. The number of aromatic nitrogens is 3. The van der Waals surface area contributed by atoms with Crippen molar-refractivity contribution in [1.82, 2.24) is 14.8 Å². The lowest BCUT2D eigenvalue weighted by molar-refractivity contribution is 0.127. The molecule has 0 radical (unpaired) electrons. The Kier molecular flexibility index (Phi) is 3.28. The topological polar surface area (TPSA) is 64.1 Å². The molecule has 0 aliphatic carbocycles. The second kappa shape index (κ2) is 4.71. The van der Waals surface area contributed by atoms with Gasteiger partial charge in [-0.15, -0.1) is 10.2 Å². The van der Waals surface area contributed by atoms with E-state index in [-0.39, 0.29) is 5.92 Å². The molecule has 0 spiro atoms. The highest BCUT2D eigenvalue weighted by Crippen LogP contribution is 2.21. The lowest BCUT2D eigenvalue weighted by Crippen LogP contribution is -2.04. The van der Waals surface area contributed by atoms with Crippen LogP contribution in [0.5, 0.6) is 0 Å². The summed E-state index contributed by atoms with van der Waals surface area (Å²) in [6, 6.07) is 1.91. The third kappa shape index (κ3) is 2.74. The third-order valence-corrected chi connectivity index (χ3v) is 2.63. The van der Waals surface area contributed by atoms with Gasteiger partial charge in [0.15, 0.2) is 0 Å². The molecular weight excluding hydrogens is 218 g/mol. The van der Waals surface area contributed by atoms with Gasteiger partial charge < -0.3 is 14.1 Å². The standard InChI is InChI=1S/C12H17N3O2/c1-8(2)12(16)10-4-5-15(6-10)7-11-14-13-9(3)17-11/h4-6,8,12,16H,7H2,1-3H3. The molecule has 2 heterocycles. The largest absolute Gasteiger partial charge is 0.424 e. The number of hydrogen-bond donors (Lipinski definition) is 1. The summed E-state index contributed by atoms with van der Waals surface area (Å²) in [5.74, 6) is 1.34. The van der Waals surface area contributed by atoms with Gasteiger partial charge in [0.25, 0.3) is 0 Å². The fourth-order valence-electron chi connectivity index (χ4n) is 1.68. The maximum Gasteiger partial charge on any atom is 0.236 e. The van der Waals surface area contributed by atoms with Crippen LogP contribution in [0.3, 0.4) is 0 Å². The van der Waals surface area contributed by atoms with Crippen LogP contribution in [0.1, 0.15) is 37.3 Å². The molecule has 2 rings (SSSR count). The Morgan fingerprint density at radius 3 is 2.76 bits per heavy atom. The summed E-state index contributed by atoms with van der Waals surface area (Å²) in [4.78, 5) is 0. The average molecular weight is 235 g/mol. The second-order valence-corrected chi connectivity index (χ2v) is 4.52. The smallest absolute Gasteiger partial charge is 0.236 e. The number of aryl methyl sites for hydroxylation is 1. The first-order chi connectivity index (χ1) is 8.06. The van der Waals surface area contributed by atoms with Crippen LogP contribution in [0, 0.1) is 12.8 Å². The van der Waals surface area contributed by atoms with Crippen LogP contribution in [0.15, 0.2) is 22.9 Å². The highest BCUT2D eigenvalue weighted by Gasteiger charge is 2.13. The molecule has 0 bridgehead atoms. The molecule has 0 saturated heterocycles. The summed E-state index contributed by atoms with van der Waals surface area (Å²) >= 11 is 0. The molecule has 0 aromatic carbocycles. The molecule has 0 saturated carbocycles. The number of aliphatic hydroxyl groups excluding tert-OH is 1. The predicted molar refractivity (Wildman–Crippen MR) is 62.4 cm³/mol. The van der Waals surface area contributed by atoms with E-state index in [2.05, 4.69) is 10.2 Å². The van der Waals surface area contributed by atoms with Crippen molar-refractivity contribution in [2.45, 2.75) is 33.4 Å². The predicted octanol–water partition coefficient (Wildman–Crippen LogP) is 1.92. The summed E-state index contributed by atoms with van der Waals surface area (Å²) in [6.07, 6.45) is 3.38.